The fourth-order valence-corrected chi connectivity index (χ4v) is 4.75. The first-order valence-electron chi connectivity index (χ1n) is 7.94. The van der Waals surface area contributed by atoms with Crippen LogP contribution < -0.4 is 10.6 Å². The van der Waals surface area contributed by atoms with Gasteiger partial charge in [0.15, 0.2) is 8.68 Å². The fourth-order valence-electron chi connectivity index (χ4n) is 1.76. The molecule has 2 amide bonds. The van der Waals surface area contributed by atoms with Crippen molar-refractivity contribution in [3.63, 3.8) is 0 Å². The van der Waals surface area contributed by atoms with Crippen LogP contribution in [0.25, 0.3) is 0 Å². The minimum Gasteiger partial charge on any atom is -0.355 e. The molecule has 0 saturated heterocycles. The van der Waals surface area contributed by atoms with E-state index < -0.39 is 11.1 Å². The summed E-state index contributed by atoms with van der Waals surface area (Å²) in [6.07, 6.45) is 0.894. The van der Waals surface area contributed by atoms with E-state index >= 15 is 0 Å². The SMILES string of the molecule is CCCNC(=O)CSc1nnc(S[C@@H](C)C(=O)Nc2cccc(F)c2)s1. The zero-order valence-electron chi connectivity index (χ0n) is 14.3. The number of rotatable bonds is 9. The normalized spacial score (nSPS) is 11.8. The number of carbonyl (C=O) groups excluding carboxylic acids is 2. The van der Waals surface area contributed by atoms with Crippen molar-refractivity contribution in [3.8, 4) is 0 Å². The number of nitrogens with zero attached hydrogens (tertiary/aromatic N) is 2. The molecule has 0 bridgehead atoms. The van der Waals surface area contributed by atoms with E-state index in [1.54, 1.807) is 13.0 Å². The van der Waals surface area contributed by atoms with Crippen LogP contribution in [0.2, 0.25) is 0 Å². The Balaban J connectivity index is 1.81. The molecule has 2 aromatic rings. The smallest absolute Gasteiger partial charge is 0.237 e. The zero-order valence-corrected chi connectivity index (χ0v) is 16.8. The number of aromatic nitrogens is 2. The van der Waals surface area contributed by atoms with Gasteiger partial charge in [-0.3, -0.25) is 9.59 Å². The lowest BCUT2D eigenvalue weighted by atomic mass is 10.3. The number of anilines is 1. The molecule has 1 heterocycles. The van der Waals surface area contributed by atoms with Crippen LogP contribution >= 0.6 is 34.9 Å². The van der Waals surface area contributed by atoms with Crippen molar-refractivity contribution < 1.29 is 14.0 Å². The Labute approximate surface area is 163 Å². The quantitative estimate of drug-likeness (QED) is 0.612. The molecule has 2 rings (SSSR count). The molecule has 1 atom stereocenters. The molecule has 0 radical (unpaired) electrons. The van der Waals surface area contributed by atoms with Crippen LogP contribution in [0.15, 0.2) is 32.9 Å². The molecule has 1 aromatic heterocycles. The van der Waals surface area contributed by atoms with Crippen LogP contribution in [0, 0.1) is 5.82 Å². The van der Waals surface area contributed by atoms with Gasteiger partial charge in [0.2, 0.25) is 11.8 Å². The lowest BCUT2D eigenvalue weighted by Gasteiger charge is -2.10. The monoisotopic (exact) mass is 414 g/mol. The third kappa shape index (κ3) is 6.93. The van der Waals surface area contributed by atoms with E-state index in [4.69, 9.17) is 0 Å². The van der Waals surface area contributed by atoms with E-state index in [-0.39, 0.29) is 17.6 Å². The number of amides is 2. The van der Waals surface area contributed by atoms with Crippen LogP contribution in [0.3, 0.4) is 0 Å². The van der Waals surface area contributed by atoms with Crippen LogP contribution in [0.4, 0.5) is 10.1 Å². The van der Waals surface area contributed by atoms with E-state index in [0.29, 0.717) is 20.9 Å². The highest BCUT2D eigenvalue weighted by atomic mass is 32.2. The summed E-state index contributed by atoms with van der Waals surface area (Å²) in [4.78, 5) is 23.8. The molecule has 10 heteroatoms. The first-order valence-corrected chi connectivity index (χ1v) is 10.6. The average molecular weight is 415 g/mol. The summed E-state index contributed by atoms with van der Waals surface area (Å²) >= 11 is 3.92. The van der Waals surface area contributed by atoms with Crippen LogP contribution in [-0.2, 0) is 9.59 Å². The molecular formula is C16H19FN4O2S3. The summed E-state index contributed by atoms with van der Waals surface area (Å²) in [5, 5.41) is 13.1. The van der Waals surface area contributed by atoms with Crippen molar-refractivity contribution in [3.05, 3.63) is 30.1 Å². The summed E-state index contributed by atoms with van der Waals surface area (Å²) in [5.41, 5.74) is 0.411. The molecule has 26 heavy (non-hydrogen) atoms. The molecule has 0 fully saturated rings. The van der Waals surface area contributed by atoms with Crippen molar-refractivity contribution in [2.75, 3.05) is 17.6 Å². The highest BCUT2D eigenvalue weighted by Crippen LogP contribution is 2.31. The number of halogens is 1. The fraction of sp³-hybridized carbons (Fsp3) is 0.375. The second-order valence-electron chi connectivity index (χ2n) is 5.23. The molecular weight excluding hydrogens is 395 g/mol. The maximum Gasteiger partial charge on any atom is 0.237 e. The van der Waals surface area contributed by atoms with Crippen molar-refractivity contribution in [1.82, 2.24) is 15.5 Å². The van der Waals surface area contributed by atoms with E-state index in [1.165, 1.54) is 53.1 Å². The summed E-state index contributed by atoms with van der Waals surface area (Å²) in [6, 6.07) is 5.74. The molecule has 0 spiro atoms. The Hall–Kier alpha value is -1.65. The summed E-state index contributed by atoms with van der Waals surface area (Å²) in [5.74, 6) is -0.403. The maximum absolute atomic E-state index is 13.2. The minimum atomic E-state index is -0.420. The van der Waals surface area contributed by atoms with Crippen molar-refractivity contribution in [2.24, 2.45) is 0 Å². The van der Waals surface area contributed by atoms with Gasteiger partial charge in [0.25, 0.3) is 0 Å². The second-order valence-corrected chi connectivity index (χ2v) is 9.02. The molecule has 0 unspecified atom stereocenters. The summed E-state index contributed by atoms with van der Waals surface area (Å²) in [6.45, 7) is 4.40. The van der Waals surface area contributed by atoms with E-state index in [0.717, 1.165) is 6.42 Å². The van der Waals surface area contributed by atoms with Gasteiger partial charge in [0.05, 0.1) is 11.0 Å². The Morgan fingerprint density at radius 1 is 1.31 bits per heavy atom. The first kappa shape index (κ1) is 20.7. The lowest BCUT2D eigenvalue weighted by molar-refractivity contribution is -0.118. The number of nitrogens with one attached hydrogen (secondary N) is 2. The third-order valence-electron chi connectivity index (χ3n) is 3.03. The molecule has 0 saturated carbocycles. The van der Waals surface area contributed by atoms with Gasteiger partial charge < -0.3 is 10.6 Å². The van der Waals surface area contributed by atoms with Gasteiger partial charge in [-0.25, -0.2) is 4.39 Å². The molecule has 6 nitrogen and oxygen atoms in total. The topological polar surface area (TPSA) is 84.0 Å². The maximum atomic E-state index is 13.2. The predicted octanol–water partition coefficient (Wildman–Crippen LogP) is 3.41. The molecule has 2 N–H and O–H groups in total. The van der Waals surface area contributed by atoms with Gasteiger partial charge in [0, 0.05) is 12.2 Å². The molecule has 0 aliphatic heterocycles. The second kappa shape index (κ2) is 10.5. The van der Waals surface area contributed by atoms with E-state index in [2.05, 4.69) is 20.8 Å². The van der Waals surface area contributed by atoms with Gasteiger partial charge in [-0.2, -0.15) is 0 Å². The summed E-state index contributed by atoms with van der Waals surface area (Å²) < 4.78 is 14.5. The number of hydrogen-bond donors (Lipinski definition) is 2. The Bertz CT molecular complexity index is 757. The van der Waals surface area contributed by atoms with E-state index in [1.807, 2.05) is 6.92 Å². The average Bonchev–Trinajstić information content (AvgIpc) is 3.05. The van der Waals surface area contributed by atoms with Gasteiger partial charge >= 0.3 is 0 Å². The van der Waals surface area contributed by atoms with Crippen molar-refractivity contribution in [1.29, 1.82) is 0 Å². The molecule has 1 aromatic carbocycles. The molecule has 140 valence electrons. The zero-order chi connectivity index (χ0) is 18.9. The highest BCUT2D eigenvalue weighted by Gasteiger charge is 2.18. The van der Waals surface area contributed by atoms with Gasteiger partial charge in [-0.05, 0) is 31.5 Å². The standard InChI is InChI=1S/C16H19FN4O2S3/c1-3-7-18-13(22)9-24-15-20-21-16(26-15)25-10(2)14(23)19-12-6-4-5-11(17)8-12/h4-6,8,10H,3,7,9H2,1-2H3,(H,18,22)(H,19,23)/t10-/m0/s1. The van der Waals surface area contributed by atoms with Crippen molar-refractivity contribution in [2.45, 2.75) is 34.2 Å². The minimum absolute atomic E-state index is 0.0379. The Morgan fingerprint density at radius 2 is 2.08 bits per heavy atom. The predicted molar refractivity (Wildman–Crippen MR) is 104 cm³/mol. The van der Waals surface area contributed by atoms with Crippen LogP contribution in [0.1, 0.15) is 20.3 Å². The van der Waals surface area contributed by atoms with Crippen molar-refractivity contribution >= 4 is 52.4 Å². The Morgan fingerprint density at radius 3 is 2.81 bits per heavy atom. The number of hydrogen-bond acceptors (Lipinski definition) is 7. The van der Waals surface area contributed by atoms with Crippen LogP contribution in [0.5, 0.6) is 0 Å². The van der Waals surface area contributed by atoms with Gasteiger partial charge in [-0.1, -0.05) is 47.9 Å². The summed E-state index contributed by atoms with van der Waals surface area (Å²) in [7, 11) is 0. The number of benzene rings is 1. The Kier molecular flexibility index (Phi) is 8.33. The molecule has 0 aliphatic rings. The van der Waals surface area contributed by atoms with E-state index in [9.17, 15) is 14.0 Å². The third-order valence-corrected chi connectivity index (χ3v) is 6.27. The van der Waals surface area contributed by atoms with Crippen LogP contribution in [-0.4, -0.2) is 39.6 Å². The largest absolute Gasteiger partial charge is 0.355 e. The lowest BCUT2D eigenvalue weighted by Crippen LogP contribution is -2.25. The number of carbonyl (C=O) groups is 2. The first-order chi connectivity index (χ1) is 12.5. The van der Waals surface area contributed by atoms with Gasteiger partial charge in [0.1, 0.15) is 5.82 Å². The highest BCUT2D eigenvalue weighted by molar-refractivity contribution is 8.04. The molecule has 0 aliphatic carbocycles. The van der Waals surface area contributed by atoms with Gasteiger partial charge in [-0.15, -0.1) is 10.2 Å². The number of thioether (sulfide) groups is 2.